The summed E-state index contributed by atoms with van der Waals surface area (Å²) in [5.41, 5.74) is -0.994. The molecule has 2 bridgehead atoms. The zero-order valence-electron chi connectivity index (χ0n) is 20.7. The van der Waals surface area contributed by atoms with Crippen LogP contribution >= 0.6 is 0 Å². The number of hydrogen-bond donors (Lipinski definition) is 0. The molecular formula is C27H42O5. The van der Waals surface area contributed by atoms with Gasteiger partial charge in [0.2, 0.25) is 5.79 Å². The van der Waals surface area contributed by atoms with E-state index < -0.39 is 11.4 Å². The van der Waals surface area contributed by atoms with Crippen molar-refractivity contribution < 1.29 is 23.8 Å². The van der Waals surface area contributed by atoms with Crippen LogP contribution in [0.1, 0.15) is 105 Å². The normalized spacial score (nSPS) is 48.9. The summed E-state index contributed by atoms with van der Waals surface area (Å²) in [6.45, 7) is 10.8. The summed E-state index contributed by atoms with van der Waals surface area (Å²) in [4.78, 5) is 25.1. The Bertz CT molecular complexity index is 793. The van der Waals surface area contributed by atoms with Gasteiger partial charge in [-0.1, -0.05) is 47.0 Å². The Morgan fingerprint density at radius 1 is 1.09 bits per heavy atom. The summed E-state index contributed by atoms with van der Waals surface area (Å²) in [5, 5.41) is 0. The van der Waals surface area contributed by atoms with Gasteiger partial charge in [0.25, 0.3) is 0 Å². The molecule has 32 heavy (non-hydrogen) atoms. The molecule has 5 aliphatic rings. The van der Waals surface area contributed by atoms with E-state index >= 15 is 0 Å². The van der Waals surface area contributed by atoms with Gasteiger partial charge in [0, 0.05) is 30.6 Å². The molecule has 2 unspecified atom stereocenters. The van der Waals surface area contributed by atoms with Gasteiger partial charge < -0.3 is 14.2 Å². The summed E-state index contributed by atoms with van der Waals surface area (Å²) in [7, 11) is 0. The second kappa shape index (κ2) is 7.45. The molecule has 2 heterocycles. The first kappa shape index (κ1) is 22.7. The molecule has 8 atom stereocenters. The Balaban J connectivity index is 1.39. The maximum atomic E-state index is 13.4. The van der Waals surface area contributed by atoms with E-state index in [9.17, 15) is 9.59 Å². The van der Waals surface area contributed by atoms with E-state index in [0.29, 0.717) is 12.3 Å². The van der Waals surface area contributed by atoms with Crippen LogP contribution in [-0.2, 0) is 23.8 Å². The van der Waals surface area contributed by atoms with Crippen LogP contribution in [0.3, 0.4) is 0 Å². The molecule has 3 aliphatic carbocycles. The molecule has 2 spiro atoms. The van der Waals surface area contributed by atoms with Crippen molar-refractivity contribution in [3.05, 3.63) is 0 Å². The zero-order chi connectivity index (χ0) is 22.9. The number of ether oxygens (including phenoxy) is 3. The van der Waals surface area contributed by atoms with Crippen molar-refractivity contribution in [3.63, 3.8) is 0 Å². The lowest BCUT2D eigenvalue weighted by Gasteiger charge is -2.56. The number of esters is 2. The maximum absolute atomic E-state index is 13.4. The summed E-state index contributed by atoms with van der Waals surface area (Å²) < 4.78 is 18.8. The molecule has 0 N–H and O–H groups in total. The lowest BCUT2D eigenvalue weighted by molar-refractivity contribution is -0.256. The number of carbonyl (C=O) groups excluding carboxylic acids is 2. The smallest absolute Gasteiger partial charge is 0.341 e. The molecule has 2 aliphatic heterocycles. The molecule has 3 saturated carbocycles. The van der Waals surface area contributed by atoms with Gasteiger partial charge in [-0.2, -0.15) is 0 Å². The van der Waals surface area contributed by atoms with E-state index in [2.05, 4.69) is 27.7 Å². The monoisotopic (exact) mass is 446 g/mol. The van der Waals surface area contributed by atoms with Crippen LogP contribution in [0.25, 0.3) is 0 Å². The fraction of sp³-hybridized carbons (Fsp3) is 0.926. The van der Waals surface area contributed by atoms with E-state index in [4.69, 9.17) is 14.2 Å². The number of carbonyl (C=O) groups is 2. The minimum absolute atomic E-state index is 0.180. The summed E-state index contributed by atoms with van der Waals surface area (Å²) >= 11 is 0. The van der Waals surface area contributed by atoms with Crippen LogP contribution in [0.5, 0.6) is 0 Å². The van der Waals surface area contributed by atoms with Crippen molar-refractivity contribution in [1.82, 2.24) is 0 Å². The van der Waals surface area contributed by atoms with Crippen molar-refractivity contribution >= 4 is 11.9 Å². The average molecular weight is 447 g/mol. The van der Waals surface area contributed by atoms with Crippen molar-refractivity contribution in [2.24, 2.45) is 34.5 Å². The van der Waals surface area contributed by atoms with E-state index in [1.54, 1.807) is 0 Å². The van der Waals surface area contributed by atoms with Gasteiger partial charge in [0.15, 0.2) is 5.60 Å². The van der Waals surface area contributed by atoms with Gasteiger partial charge in [-0.15, -0.1) is 0 Å². The topological polar surface area (TPSA) is 61.8 Å². The Morgan fingerprint density at radius 2 is 1.88 bits per heavy atom. The molecular weight excluding hydrogens is 404 g/mol. The second-order valence-electron chi connectivity index (χ2n) is 12.5. The molecule has 180 valence electrons. The van der Waals surface area contributed by atoms with E-state index in [0.717, 1.165) is 31.6 Å². The van der Waals surface area contributed by atoms with Crippen LogP contribution in [-0.4, -0.2) is 29.4 Å². The van der Waals surface area contributed by atoms with Crippen LogP contribution in [0.2, 0.25) is 0 Å². The molecule has 2 saturated heterocycles. The van der Waals surface area contributed by atoms with Crippen LogP contribution < -0.4 is 0 Å². The van der Waals surface area contributed by atoms with Gasteiger partial charge in [0.05, 0.1) is 0 Å². The maximum Gasteiger partial charge on any atom is 0.341 e. The van der Waals surface area contributed by atoms with E-state index in [1.807, 2.05) is 0 Å². The van der Waals surface area contributed by atoms with Crippen molar-refractivity contribution in [1.29, 1.82) is 0 Å². The largest absolute Gasteiger partial charge is 0.462 e. The molecule has 0 aromatic heterocycles. The van der Waals surface area contributed by atoms with Crippen LogP contribution in [0.15, 0.2) is 0 Å². The third kappa shape index (κ3) is 2.91. The average Bonchev–Trinajstić information content (AvgIpc) is 3.26. The standard InChI is InChI=1S/C27H42O5/c1-17(2)8-6-7-9-19-10-11-21-24(19,4)14-13-22-25(5)15-12-20(30-18(3)28)16-26(25)23(29)31-27(21,22)32-26/h17,19-22H,6-16H2,1-5H3/t19-,20-,21?,22?,24+,25+,26-,27-/m0/s1. The third-order valence-corrected chi connectivity index (χ3v) is 10.5. The third-order valence-electron chi connectivity index (χ3n) is 10.5. The number of rotatable bonds is 6. The first-order valence-electron chi connectivity index (χ1n) is 13.2. The first-order valence-corrected chi connectivity index (χ1v) is 13.2. The van der Waals surface area contributed by atoms with E-state index in [-0.39, 0.29) is 40.7 Å². The van der Waals surface area contributed by atoms with Crippen LogP contribution in [0.4, 0.5) is 0 Å². The fourth-order valence-electron chi connectivity index (χ4n) is 8.86. The fourth-order valence-corrected chi connectivity index (χ4v) is 8.86. The summed E-state index contributed by atoms with van der Waals surface area (Å²) in [5.74, 6) is 0.755. The number of hydrogen-bond acceptors (Lipinski definition) is 5. The van der Waals surface area contributed by atoms with Crippen molar-refractivity contribution in [2.75, 3.05) is 0 Å². The zero-order valence-corrected chi connectivity index (χ0v) is 20.7. The minimum atomic E-state index is -0.948. The van der Waals surface area contributed by atoms with Gasteiger partial charge in [0.1, 0.15) is 6.10 Å². The molecule has 0 aromatic rings. The SMILES string of the molecule is CC(=O)O[C@H]1CC[C@]2(C)C3CC[C@@]4(C)C(CC[C@@H]4CCCCC(C)C)[C@@]34OC(=O)[C@]2(C1)O4. The van der Waals surface area contributed by atoms with Crippen LogP contribution in [0, 0.1) is 34.5 Å². The molecule has 0 aromatic carbocycles. The first-order chi connectivity index (χ1) is 15.1. The Kier molecular flexibility index (Phi) is 5.28. The molecule has 5 nitrogen and oxygen atoms in total. The van der Waals surface area contributed by atoms with Gasteiger partial charge >= 0.3 is 11.9 Å². The Morgan fingerprint density at radius 3 is 2.59 bits per heavy atom. The minimum Gasteiger partial charge on any atom is -0.462 e. The highest BCUT2D eigenvalue weighted by Gasteiger charge is 2.84. The molecule has 0 amide bonds. The second-order valence-corrected chi connectivity index (χ2v) is 12.5. The predicted molar refractivity (Wildman–Crippen MR) is 121 cm³/mol. The Hall–Kier alpha value is -1.10. The summed E-state index contributed by atoms with van der Waals surface area (Å²) in [6.07, 6.45) is 11.6. The number of unbranched alkanes of at least 4 members (excludes halogenated alkanes) is 1. The van der Waals surface area contributed by atoms with Crippen molar-refractivity contribution in [3.8, 4) is 0 Å². The highest BCUT2D eigenvalue weighted by Crippen LogP contribution is 2.76. The predicted octanol–water partition coefficient (Wildman–Crippen LogP) is 5.79. The Labute approximate surface area is 193 Å². The molecule has 5 rings (SSSR count). The molecule has 5 heteroatoms. The van der Waals surface area contributed by atoms with Gasteiger partial charge in [-0.25, -0.2) is 4.79 Å². The lowest BCUT2D eigenvalue weighted by atomic mass is 9.50. The quantitative estimate of drug-likeness (QED) is 0.382. The molecule has 0 radical (unpaired) electrons. The highest BCUT2D eigenvalue weighted by molar-refractivity contribution is 5.85. The van der Waals surface area contributed by atoms with Gasteiger partial charge in [-0.05, 0) is 62.2 Å². The summed E-state index contributed by atoms with van der Waals surface area (Å²) in [6, 6.07) is 0. The highest BCUT2D eigenvalue weighted by atomic mass is 16.8. The van der Waals surface area contributed by atoms with Gasteiger partial charge in [-0.3, -0.25) is 4.79 Å². The van der Waals surface area contributed by atoms with E-state index in [1.165, 1.54) is 45.4 Å². The lowest BCUT2D eigenvalue weighted by Crippen LogP contribution is -2.63. The molecule has 5 fully saturated rings. The number of fused-ring (bicyclic) bond motifs is 2. The van der Waals surface area contributed by atoms with Crippen molar-refractivity contribution in [2.45, 2.75) is 123 Å².